The van der Waals surface area contributed by atoms with Crippen molar-refractivity contribution in [2.75, 3.05) is 5.32 Å². The SMILES string of the molecule is Cc1cc(NC2CCCc3[nH]c(=O)ccc32)cc(C)c1Br. The van der Waals surface area contributed by atoms with Crippen LogP contribution >= 0.6 is 15.9 Å². The Morgan fingerprint density at radius 2 is 1.95 bits per heavy atom. The summed E-state index contributed by atoms with van der Waals surface area (Å²) in [6.07, 6.45) is 3.15. The van der Waals surface area contributed by atoms with Gasteiger partial charge in [0.15, 0.2) is 0 Å². The topological polar surface area (TPSA) is 44.9 Å². The molecule has 1 aromatic heterocycles. The molecule has 1 unspecified atom stereocenters. The molecule has 0 amide bonds. The average molecular weight is 347 g/mol. The summed E-state index contributed by atoms with van der Waals surface area (Å²) in [7, 11) is 0. The van der Waals surface area contributed by atoms with Crippen LogP contribution in [0.2, 0.25) is 0 Å². The van der Waals surface area contributed by atoms with Gasteiger partial charge in [-0.25, -0.2) is 0 Å². The Morgan fingerprint density at radius 3 is 2.67 bits per heavy atom. The number of pyridine rings is 1. The van der Waals surface area contributed by atoms with E-state index in [1.807, 2.05) is 6.07 Å². The van der Waals surface area contributed by atoms with Crippen LogP contribution in [0, 0.1) is 13.8 Å². The summed E-state index contributed by atoms with van der Waals surface area (Å²) in [5.74, 6) is 0. The highest BCUT2D eigenvalue weighted by molar-refractivity contribution is 9.10. The minimum Gasteiger partial charge on any atom is -0.378 e. The molecule has 1 heterocycles. The molecule has 3 nitrogen and oxygen atoms in total. The standard InChI is InChI=1S/C17H19BrN2O/c1-10-8-12(9-11(2)17(10)18)19-14-4-3-5-15-13(14)6-7-16(21)20-15/h6-9,14,19H,3-5H2,1-2H3,(H,20,21). The van der Waals surface area contributed by atoms with Gasteiger partial charge in [-0.3, -0.25) is 4.79 Å². The van der Waals surface area contributed by atoms with Gasteiger partial charge in [-0.05, 0) is 68.0 Å². The number of aromatic amines is 1. The van der Waals surface area contributed by atoms with Crippen LogP contribution in [-0.4, -0.2) is 4.98 Å². The molecule has 0 saturated heterocycles. The van der Waals surface area contributed by atoms with E-state index < -0.39 is 0 Å². The van der Waals surface area contributed by atoms with E-state index in [9.17, 15) is 4.79 Å². The van der Waals surface area contributed by atoms with Crippen molar-refractivity contribution in [1.29, 1.82) is 0 Å². The number of aromatic nitrogens is 1. The number of hydrogen-bond donors (Lipinski definition) is 2. The van der Waals surface area contributed by atoms with Crippen molar-refractivity contribution in [2.45, 2.75) is 39.2 Å². The third-order valence-electron chi connectivity index (χ3n) is 4.11. The molecule has 21 heavy (non-hydrogen) atoms. The summed E-state index contributed by atoms with van der Waals surface area (Å²) < 4.78 is 1.17. The van der Waals surface area contributed by atoms with Crippen LogP contribution in [0.4, 0.5) is 5.69 Å². The molecular weight excluding hydrogens is 328 g/mol. The summed E-state index contributed by atoms with van der Waals surface area (Å²) in [6, 6.07) is 8.18. The van der Waals surface area contributed by atoms with Crippen LogP contribution in [-0.2, 0) is 6.42 Å². The molecule has 110 valence electrons. The molecule has 4 heteroatoms. The van der Waals surface area contributed by atoms with Gasteiger partial charge in [-0.2, -0.15) is 0 Å². The minimum absolute atomic E-state index is 0.00951. The molecule has 0 fully saturated rings. The third kappa shape index (κ3) is 2.91. The van der Waals surface area contributed by atoms with E-state index in [1.165, 1.54) is 21.2 Å². The maximum Gasteiger partial charge on any atom is 0.248 e. The summed E-state index contributed by atoms with van der Waals surface area (Å²) in [5, 5.41) is 3.62. The van der Waals surface area contributed by atoms with Crippen LogP contribution in [0.5, 0.6) is 0 Å². The molecule has 1 aliphatic rings. The highest BCUT2D eigenvalue weighted by Crippen LogP contribution is 2.32. The number of H-pyrrole nitrogens is 1. The lowest BCUT2D eigenvalue weighted by Gasteiger charge is -2.27. The van der Waals surface area contributed by atoms with E-state index in [2.05, 4.69) is 52.2 Å². The number of nitrogens with one attached hydrogen (secondary N) is 2. The van der Waals surface area contributed by atoms with Crippen molar-refractivity contribution in [3.8, 4) is 0 Å². The van der Waals surface area contributed by atoms with Gasteiger partial charge in [0, 0.05) is 21.9 Å². The molecule has 3 rings (SSSR count). The van der Waals surface area contributed by atoms with Gasteiger partial charge in [0.25, 0.3) is 0 Å². The number of benzene rings is 1. The summed E-state index contributed by atoms with van der Waals surface area (Å²) in [6.45, 7) is 4.21. The van der Waals surface area contributed by atoms with Crippen molar-refractivity contribution in [1.82, 2.24) is 4.98 Å². The van der Waals surface area contributed by atoms with Gasteiger partial charge in [-0.15, -0.1) is 0 Å². The molecule has 0 radical (unpaired) electrons. The van der Waals surface area contributed by atoms with Gasteiger partial charge in [0.05, 0.1) is 6.04 Å². The number of anilines is 1. The highest BCUT2D eigenvalue weighted by Gasteiger charge is 2.20. The largest absolute Gasteiger partial charge is 0.378 e. The number of fused-ring (bicyclic) bond motifs is 1. The Bertz CT molecular complexity index is 713. The lowest BCUT2D eigenvalue weighted by Crippen LogP contribution is -2.21. The van der Waals surface area contributed by atoms with Crippen LogP contribution in [0.3, 0.4) is 0 Å². The van der Waals surface area contributed by atoms with E-state index in [0.717, 1.165) is 30.6 Å². The Balaban J connectivity index is 1.92. The molecule has 1 atom stereocenters. The monoisotopic (exact) mass is 346 g/mol. The molecule has 0 aliphatic heterocycles. The second-order valence-electron chi connectivity index (χ2n) is 5.77. The zero-order valence-corrected chi connectivity index (χ0v) is 13.9. The normalized spacial score (nSPS) is 17.4. The number of hydrogen-bond acceptors (Lipinski definition) is 2. The molecule has 0 spiro atoms. The van der Waals surface area contributed by atoms with E-state index in [0.29, 0.717) is 0 Å². The maximum absolute atomic E-state index is 11.5. The van der Waals surface area contributed by atoms with Crippen molar-refractivity contribution in [2.24, 2.45) is 0 Å². The van der Waals surface area contributed by atoms with Gasteiger partial charge >= 0.3 is 0 Å². The summed E-state index contributed by atoms with van der Waals surface area (Å²) >= 11 is 3.60. The number of rotatable bonds is 2. The number of halogens is 1. The summed E-state index contributed by atoms with van der Waals surface area (Å²) in [5.41, 5.74) is 5.89. The molecule has 1 aliphatic carbocycles. The molecule has 2 N–H and O–H groups in total. The van der Waals surface area contributed by atoms with E-state index in [-0.39, 0.29) is 11.6 Å². The first-order chi connectivity index (χ1) is 10.0. The molecule has 2 aromatic rings. The van der Waals surface area contributed by atoms with Crippen LogP contribution in [0.15, 0.2) is 33.5 Å². The Labute approximate surface area is 132 Å². The summed E-state index contributed by atoms with van der Waals surface area (Å²) in [4.78, 5) is 14.4. The zero-order valence-electron chi connectivity index (χ0n) is 12.3. The third-order valence-corrected chi connectivity index (χ3v) is 5.36. The second-order valence-corrected chi connectivity index (χ2v) is 6.56. The fraction of sp³-hybridized carbons (Fsp3) is 0.353. The molecule has 1 aromatic carbocycles. The lowest BCUT2D eigenvalue weighted by molar-refractivity contribution is 0.587. The minimum atomic E-state index is -0.00951. The van der Waals surface area contributed by atoms with Gasteiger partial charge < -0.3 is 10.3 Å². The van der Waals surface area contributed by atoms with Crippen LogP contribution in [0.1, 0.15) is 41.3 Å². The molecule has 0 bridgehead atoms. The molecule has 0 saturated carbocycles. The van der Waals surface area contributed by atoms with Crippen LogP contribution < -0.4 is 10.9 Å². The smallest absolute Gasteiger partial charge is 0.248 e. The predicted octanol–water partition coefficient (Wildman–Crippen LogP) is 4.24. The first-order valence-corrected chi connectivity index (χ1v) is 8.09. The fourth-order valence-electron chi connectivity index (χ4n) is 3.08. The first kappa shape index (κ1) is 14.4. The maximum atomic E-state index is 11.5. The van der Waals surface area contributed by atoms with E-state index in [4.69, 9.17) is 0 Å². The predicted molar refractivity (Wildman–Crippen MR) is 90.0 cm³/mol. The second kappa shape index (κ2) is 5.68. The van der Waals surface area contributed by atoms with Gasteiger partial charge in [-0.1, -0.05) is 15.9 Å². The lowest BCUT2D eigenvalue weighted by atomic mass is 9.91. The van der Waals surface area contributed by atoms with E-state index in [1.54, 1.807) is 6.07 Å². The van der Waals surface area contributed by atoms with Crippen molar-refractivity contribution >= 4 is 21.6 Å². The Kier molecular flexibility index (Phi) is 3.89. The van der Waals surface area contributed by atoms with Crippen molar-refractivity contribution in [3.63, 3.8) is 0 Å². The van der Waals surface area contributed by atoms with Gasteiger partial charge in [0.2, 0.25) is 5.56 Å². The number of aryl methyl sites for hydroxylation is 3. The van der Waals surface area contributed by atoms with E-state index >= 15 is 0 Å². The quantitative estimate of drug-likeness (QED) is 0.853. The Morgan fingerprint density at radius 1 is 1.24 bits per heavy atom. The molecular formula is C17H19BrN2O. The van der Waals surface area contributed by atoms with Gasteiger partial charge in [0.1, 0.15) is 0 Å². The Hall–Kier alpha value is -1.55. The van der Waals surface area contributed by atoms with Crippen molar-refractivity contribution in [3.05, 3.63) is 61.5 Å². The highest BCUT2D eigenvalue weighted by atomic mass is 79.9. The van der Waals surface area contributed by atoms with Crippen molar-refractivity contribution < 1.29 is 0 Å². The average Bonchev–Trinajstić information content (AvgIpc) is 2.44. The first-order valence-electron chi connectivity index (χ1n) is 7.30. The van der Waals surface area contributed by atoms with Crippen LogP contribution in [0.25, 0.3) is 0 Å². The fourth-order valence-corrected chi connectivity index (χ4v) is 3.31. The zero-order chi connectivity index (χ0) is 15.0.